The number of nitrogens with zero attached hydrogens (tertiary/aromatic N) is 3. The fourth-order valence-electron chi connectivity index (χ4n) is 4.28. The van der Waals surface area contributed by atoms with Crippen molar-refractivity contribution >= 4 is 23.1 Å². The maximum absolute atomic E-state index is 13.4. The summed E-state index contributed by atoms with van der Waals surface area (Å²) < 4.78 is 19.5. The number of furan rings is 1. The summed E-state index contributed by atoms with van der Waals surface area (Å²) in [5.74, 6) is -0.458. The molecule has 1 N–H and O–H groups in total. The van der Waals surface area contributed by atoms with Crippen molar-refractivity contribution in [1.82, 2.24) is 14.8 Å². The van der Waals surface area contributed by atoms with Crippen LogP contribution in [0.25, 0.3) is 22.4 Å². The maximum atomic E-state index is 13.4. The lowest BCUT2D eigenvalue weighted by atomic mass is 9.86. The second-order valence-electron chi connectivity index (χ2n) is 10.1. The van der Waals surface area contributed by atoms with Gasteiger partial charge in [-0.05, 0) is 49.6 Å². The van der Waals surface area contributed by atoms with Gasteiger partial charge in [-0.2, -0.15) is 0 Å². The number of carboxylic acid groups (broad SMARTS) is 1. The molecule has 3 heterocycles. The van der Waals surface area contributed by atoms with Crippen molar-refractivity contribution in [1.29, 1.82) is 0 Å². The van der Waals surface area contributed by atoms with Crippen molar-refractivity contribution in [2.24, 2.45) is 0 Å². The standard InChI is InChI=1S/C25H28FN3O4/c1-24(2,3)17-12-18(15-6-8-16(26)9-7-15)27-19-13-20(33-21(17)19)22(30)29-11-10-28(23(31)32)14-25(29,4)5/h6-9,12-13H,10-11,14H2,1-5H3,(H,31,32). The number of amides is 2. The summed E-state index contributed by atoms with van der Waals surface area (Å²) in [5.41, 5.74) is 2.44. The summed E-state index contributed by atoms with van der Waals surface area (Å²) in [7, 11) is 0. The summed E-state index contributed by atoms with van der Waals surface area (Å²) in [6, 6.07) is 9.68. The van der Waals surface area contributed by atoms with Crippen LogP contribution in [0.3, 0.4) is 0 Å². The molecule has 33 heavy (non-hydrogen) atoms. The first-order valence-electron chi connectivity index (χ1n) is 10.9. The molecular weight excluding hydrogens is 425 g/mol. The van der Waals surface area contributed by atoms with E-state index < -0.39 is 11.6 Å². The van der Waals surface area contributed by atoms with Crippen LogP contribution >= 0.6 is 0 Å². The number of benzene rings is 1. The van der Waals surface area contributed by atoms with E-state index in [1.165, 1.54) is 17.0 Å². The molecule has 1 aliphatic rings. The zero-order valence-electron chi connectivity index (χ0n) is 19.5. The zero-order chi connectivity index (χ0) is 24.1. The van der Waals surface area contributed by atoms with Gasteiger partial charge in [-0.1, -0.05) is 20.8 Å². The number of rotatable bonds is 2. The predicted molar refractivity (Wildman–Crippen MR) is 123 cm³/mol. The first-order valence-corrected chi connectivity index (χ1v) is 10.9. The van der Waals surface area contributed by atoms with Gasteiger partial charge in [0, 0.05) is 36.8 Å². The lowest BCUT2D eigenvalue weighted by Crippen LogP contribution is -2.61. The highest BCUT2D eigenvalue weighted by atomic mass is 19.1. The van der Waals surface area contributed by atoms with Crippen molar-refractivity contribution in [3.05, 3.63) is 53.5 Å². The average molecular weight is 454 g/mol. The van der Waals surface area contributed by atoms with Crippen molar-refractivity contribution in [3.63, 3.8) is 0 Å². The monoisotopic (exact) mass is 453 g/mol. The molecule has 1 saturated heterocycles. The highest BCUT2D eigenvalue weighted by Gasteiger charge is 2.40. The van der Waals surface area contributed by atoms with Gasteiger partial charge in [-0.15, -0.1) is 0 Å². The molecule has 2 amide bonds. The fourth-order valence-corrected chi connectivity index (χ4v) is 4.28. The quantitative estimate of drug-likeness (QED) is 0.580. The van der Waals surface area contributed by atoms with Crippen LogP contribution < -0.4 is 0 Å². The van der Waals surface area contributed by atoms with E-state index in [-0.39, 0.29) is 42.5 Å². The van der Waals surface area contributed by atoms with Crippen LogP contribution in [0.15, 0.2) is 40.8 Å². The fraction of sp³-hybridized carbons (Fsp3) is 0.400. The first kappa shape index (κ1) is 22.8. The minimum absolute atomic E-state index is 0.163. The van der Waals surface area contributed by atoms with Gasteiger partial charge >= 0.3 is 6.09 Å². The number of carbonyl (C=O) groups is 2. The Balaban J connectivity index is 1.76. The second kappa shape index (κ2) is 7.86. The summed E-state index contributed by atoms with van der Waals surface area (Å²) >= 11 is 0. The molecule has 7 nitrogen and oxygen atoms in total. The van der Waals surface area contributed by atoms with Gasteiger partial charge in [0.2, 0.25) is 0 Å². The highest BCUT2D eigenvalue weighted by molar-refractivity contribution is 5.97. The zero-order valence-corrected chi connectivity index (χ0v) is 19.5. The van der Waals surface area contributed by atoms with Crippen LogP contribution in [0.1, 0.15) is 50.7 Å². The van der Waals surface area contributed by atoms with E-state index >= 15 is 0 Å². The largest absolute Gasteiger partial charge is 0.465 e. The number of pyridine rings is 1. The number of halogens is 1. The van der Waals surface area contributed by atoms with Crippen molar-refractivity contribution in [2.75, 3.05) is 19.6 Å². The van der Waals surface area contributed by atoms with E-state index in [2.05, 4.69) is 20.8 Å². The van der Waals surface area contributed by atoms with Crippen LogP contribution in [0.5, 0.6) is 0 Å². The minimum Gasteiger partial charge on any atom is -0.465 e. The van der Waals surface area contributed by atoms with E-state index in [0.29, 0.717) is 16.8 Å². The number of hydrogen-bond acceptors (Lipinski definition) is 4. The minimum atomic E-state index is -0.994. The Bertz CT molecular complexity index is 1220. The van der Waals surface area contributed by atoms with Gasteiger partial charge in [-0.25, -0.2) is 14.2 Å². The second-order valence-corrected chi connectivity index (χ2v) is 10.1. The van der Waals surface area contributed by atoms with Crippen LogP contribution in [0, 0.1) is 5.82 Å². The Hall–Kier alpha value is -3.42. The van der Waals surface area contributed by atoms with Crippen molar-refractivity contribution in [2.45, 2.75) is 45.6 Å². The number of aromatic nitrogens is 1. The van der Waals surface area contributed by atoms with Gasteiger partial charge in [0.15, 0.2) is 11.3 Å². The van der Waals surface area contributed by atoms with Crippen LogP contribution in [-0.4, -0.2) is 57.1 Å². The van der Waals surface area contributed by atoms with E-state index in [0.717, 1.165) is 11.1 Å². The number of carbonyl (C=O) groups excluding carboxylic acids is 1. The summed E-state index contributed by atoms with van der Waals surface area (Å²) in [6.07, 6.45) is -0.994. The van der Waals surface area contributed by atoms with Gasteiger partial charge in [0.05, 0.1) is 11.2 Å². The molecule has 0 radical (unpaired) electrons. The molecule has 1 aliphatic heterocycles. The topological polar surface area (TPSA) is 86.9 Å². The Labute approximate surface area is 191 Å². The molecule has 174 valence electrons. The number of hydrogen-bond donors (Lipinski definition) is 1. The molecule has 2 aromatic heterocycles. The third-order valence-corrected chi connectivity index (χ3v) is 6.06. The molecule has 1 aromatic carbocycles. The molecule has 0 atom stereocenters. The third kappa shape index (κ3) is 4.29. The molecular formula is C25H28FN3O4. The van der Waals surface area contributed by atoms with Crippen LogP contribution in [0.2, 0.25) is 0 Å². The predicted octanol–water partition coefficient (Wildman–Crippen LogP) is 5.15. The molecule has 8 heteroatoms. The smallest absolute Gasteiger partial charge is 0.407 e. The Kier molecular flexibility index (Phi) is 5.42. The lowest BCUT2D eigenvalue weighted by molar-refractivity contribution is 0.0179. The van der Waals surface area contributed by atoms with Gasteiger partial charge in [0.25, 0.3) is 5.91 Å². The molecule has 0 saturated carbocycles. The average Bonchev–Trinajstić information content (AvgIpc) is 3.15. The Morgan fingerprint density at radius 2 is 1.79 bits per heavy atom. The lowest BCUT2D eigenvalue weighted by Gasteiger charge is -2.45. The van der Waals surface area contributed by atoms with E-state index in [1.807, 2.05) is 19.9 Å². The van der Waals surface area contributed by atoms with Gasteiger partial charge in [0.1, 0.15) is 11.3 Å². The number of piperazine rings is 1. The molecule has 1 fully saturated rings. The van der Waals surface area contributed by atoms with E-state index in [4.69, 9.17) is 9.40 Å². The molecule has 0 unspecified atom stereocenters. The molecule has 0 bridgehead atoms. The number of fused-ring (bicyclic) bond motifs is 1. The highest BCUT2D eigenvalue weighted by Crippen LogP contribution is 2.35. The van der Waals surface area contributed by atoms with Gasteiger partial charge in [-0.3, -0.25) is 4.79 Å². The molecule has 3 aromatic rings. The van der Waals surface area contributed by atoms with Crippen LogP contribution in [-0.2, 0) is 5.41 Å². The van der Waals surface area contributed by atoms with Crippen molar-refractivity contribution < 1.29 is 23.5 Å². The molecule has 0 spiro atoms. The van der Waals surface area contributed by atoms with Crippen LogP contribution in [0.4, 0.5) is 9.18 Å². The first-order chi connectivity index (χ1) is 15.4. The normalized spacial score (nSPS) is 16.3. The van der Waals surface area contributed by atoms with Crippen molar-refractivity contribution in [3.8, 4) is 11.3 Å². The summed E-state index contributed by atoms with van der Waals surface area (Å²) in [4.78, 5) is 32.5. The Morgan fingerprint density at radius 3 is 2.36 bits per heavy atom. The SMILES string of the molecule is CC(C)(C)c1cc(-c2ccc(F)cc2)nc2cc(C(=O)N3CCN(C(=O)O)CC3(C)C)oc12. The maximum Gasteiger partial charge on any atom is 0.407 e. The third-order valence-electron chi connectivity index (χ3n) is 6.06. The van der Waals surface area contributed by atoms with Gasteiger partial charge < -0.3 is 19.3 Å². The Morgan fingerprint density at radius 1 is 1.12 bits per heavy atom. The molecule has 0 aliphatic carbocycles. The summed E-state index contributed by atoms with van der Waals surface area (Å²) in [6.45, 7) is 10.6. The van der Waals surface area contributed by atoms with E-state index in [1.54, 1.807) is 23.1 Å². The summed E-state index contributed by atoms with van der Waals surface area (Å²) in [5, 5.41) is 9.32. The molecule has 4 rings (SSSR count). The van der Waals surface area contributed by atoms with E-state index in [9.17, 15) is 19.1 Å².